The van der Waals surface area contributed by atoms with Gasteiger partial charge in [-0.2, -0.15) is 0 Å². The standard InChI is InChI=1S/C25H23ClN2O2S/c1-17-3-2-4-19(13-17)14-27-24(30)20-7-9-21(10-8-20)25-28(23(29)16-31-25)15-18-5-11-22(26)12-6-18/h2-13,25H,14-16H2,1H3,(H,27,30)/t25-/m0/s1. The Labute approximate surface area is 191 Å². The third-order valence-corrected chi connectivity index (χ3v) is 6.74. The molecule has 0 unspecified atom stereocenters. The minimum Gasteiger partial charge on any atom is -0.348 e. The lowest BCUT2D eigenvalue weighted by atomic mass is 10.1. The molecule has 1 atom stereocenters. The van der Waals surface area contributed by atoms with Crippen LogP contribution in [0.25, 0.3) is 0 Å². The van der Waals surface area contributed by atoms with Gasteiger partial charge in [0.1, 0.15) is 5.37 Å². The fraction of sp³-hybridized carbons (Fsp3) is 0.200. The fourth-order valence-corrected chi connectivity index (χ4v) is 4.91. The highest BCUT2D eigenvalue weighted by Crippen LogP contribution is 2.39. The van der Waals surface area contributed by atoms with Crippen LogP contribution in [0.15, 0.2) is 72.8 Å². The monoisotopic (exact) mass is 450 g/mol. The number of nitrogens with one attached hydrogen (secondary N) is 1. The molecule has 4 nitrogen and oxygen atoms in total. The van der Waals surface area contributed by atoms with Crippen LogP contribution >= 0.6 is 23.4 Å². The predicted molar refractivity (Wildman–Crippen MR) is 126 cm³/mol. The summed E-state index contributed by atoms with van der Waals surface area (Å²) in [6.07, 6.45) is 0. The van der Waals surface area contributed by atoms with Gasteiger partial charge >= 0.3 is 0 Å². The molecule has 4 rings (SSSR count). The summed E-state index contributed by atoms with van der Waals surface area (Å²) in [7, 11) is 0. The van der Waals surface area contributed by atoms with E-state index in [0.29, 0.717) is 29.4 Å². The van der Waals surface area contributed by atoms with Gasteiger partial charge in [0.05, 0.1) is 5.75 Å². The Hall–Kier alpha value is -2.76. The molecular weight excluding hydrogens is 428 g/mol. The first-order chi connectivity index (χ1) is 15.0. The molecule has 1 N–H and O–H groups in total. The fourth-order valence-electron chi connectivity index (χ4n) is 3.59. The van der Waals surface area contributed by atoms with E-state index in [9.17, 15) is 9.59 Å². The summed E-state index contributed by atoms with van der Waals surface area (Å²) in [5, 5.41) is 3.58. The van der Waals surface area contributed by atoms with Gasteiger partial charge in [-0.1, -0.05) is 65.7 Å². The number of halogens is 1. The third-order valence-electron chi connectivity index (χ3n) is 5.23. The number of amides is 2. The maximum atomic E-state index is 12.5. The lowest BCUT2D eigenvalue weighted by molar-refractivity contribution is -0.128. The number of hydrogen-bond donors (Lipinski definition) is 1. The van der Waals surface area contributed by atoms with Crippen LogP contribution in [0.2, 0.25) is 5.02 Å². The van der Waals surface area contributed by atoms with E-state index >= 15 is 0 Å². The van der Waals surface area contributed by atoms with Gasteiger partial charge in [-0.15, -0.1) is 11.8 Å². The number of nitrogens with zero attached hydrogens (tertiary/aromatic N) is 1. The second-order valence-corrected chi connectivity index (χ2v) is 9.11. The summed E-state index contributed by atoms with van der Waals surface area (Å²) < 4.78 is 0. The number of carbonyl (C=O) groups is 2. The van der Waals surface area contributed by atoms with Crippen molar-refractivity contribution in [3.63, 3.8) is 0 Å². The summed E-state index contributed by atoms with van der Waals surface area (Å²) in [6, 6.07) is 23.2. The Kier molecular flexibility index (Phi) is 6.64. The second-order valence-electron chi connectivity index (χ2n) is 7.61. The smallest absolute Gasteiger partial charge is 0.251 e. The molecule has 0 bridgehead atoms. The number of hydrogen-bond acceptors (Lipinski definition) is 3. The molecule has 3 aromatic rings. The molecule has 158 valence electrons. The Morgan fingerprint density at radius 1 is 1.06 bits per heavy atom. The molecule has 2 amide bonds. The minimum atomic E-state index is -0.110. The summed E-state index contributed by atoms with van der Waals surface area (Å²) in [4.78, 5) is 26.9. The average molecular weight is 451 g/mol. The van der Waals surface area contributed by atoms with Crippen molar-refractivity contribution in [3.8, 4) is 0 Å². The van der Waals surface area contributed by atoms with Gasteiger partial charge in [-0.05, 0) is 47.9 Å². The number of rotatable bonds is 6. The van der Waals surface area contributed by atoms with Gasteiger partial charge in [0.15, 0.2) is 0 Å². The van der Waals surface area contributed by atoms with Crippen molar-refractivity contribution in [2.75, 3.05) is 5.75 Å². The molecule has 6 heteroatoms. The largest absolute Gasteiger partial charge is 0.348 e. The molecule has 1 aliphatic rings. The zero-order valence-corrected chi connectivity index (χ0v) is 18.7. The van der Waals surface area contributed by atoms with Crippen molar-refractivity contribution >= 4 is 35.2 Å². The molecular formula is C25H23ClN2O2S. The third kappa shape index (κ3) is 5.30. The molecule has 0 spiro atoms. The lowest BCUT2D eigenvalue weighted by Crippen LogP contribution is -2.27. The first-order valence-corrected chi connectivity index (χ1v) is 11.5. The molecule has 1 aliphatic heterocycles. The van der Waals surface area contributed by atoms with Gasteiger partial charge in [0.2, 0.25) is 5.91 Å². The molecule has 0 radical (unpaired) electrons. The van der Waals surface area contributed by atoms with E-state index in [2.05, 4.69) is 11.4 Å². The summed E-state index contributed by atoms with van der Waals surface area (Å²) in [5.41, 5.74) is 4.90. The van der Waals surface area contributed by atoms with E-state index in [1.165, 1.54) is 5.56 Å². The summed E-state index contributed by atoms with van der Waals surface area (Å²) in [6.45, 7) is 3.06. The Bertz CT molecular complexity index is 1080. The number of aryl methyl sites for hydroxylation is 1. The maximum absolute atomic E-state index is 12.5. The quantitative estimate of drug-likeness (QED) is 0.550. The highest BCUT2D eigenvalue weighted by atomic mass is 35.5. The zero-order valence-electron chi connectivity index (χ0n) is 17.2. The number of thioether (sulfide) groups is 1. The molecule has 1 saturated heterocycles. The highest BCUT2D eigenvalue weighted by Gasteiger charge is 2.32. The lowest BCUT2D eigenvalue weighted by Gasteiger charge is -2.24. The minimum absolute atomic E-state index is 0.0624. The van der Waals surface area contributed by atoms with Crippen molar-refractivity contribution in [2.45, 2.75) is 25.4 Å². The van der Waals surface area contributed by atoms with Gasteiger partial charge < -0.3 is 10.2 Å². The van der Waals surface area contributed by atoms with Crippen molar-refractivity contribution in [3.05, 3.63) is 106 Å². The second kappa shape index (κ2) is 9.58. The van der Waals surface area contributed by atoms with E-state index in [4.69, 9.17) is 11.6 Å². The van der Waals surface area contributed by atoms with Crippen LogP contribution in [0.5, 0.6) is 0 Å². The van der Waals surface area contributed by atoms with Crippen LogP contribution in [0.3, 0.4) is 0 Å². The summed E-state index contributed by atoms with van der Waals surface area (Å²) in [5.74, 6) is 0.461. The molecule has 1 heterocycles. The Balaban J connectivity index is 1.42. The number of carbonyl (C=O) groups excluding carboxylic acids is 2. The van der Waals surface area contributed by atoms with Crippen LogP contribution in [0.4, 0.5) is 0 Å². The molecule has 0 saturated carbocycles. The van der Waals surface area contributed by atoms with Gasteiger partial charge in [-0.3, -0.25) is 9.59 Å². The van der Waals surface area contributed by atoms with Crippen LogP contribution in [0, 0.1) is 6.92 Å². The normalized spacial score (nSPS) is 15.9. The van der Waals surface area contributed by atoms with Crippen LogP contribution < -0.4 is 5.32 Å². The summed E-state index contributed by atoms with van der Waals surface area (Å²) >= 11 is 7.58. The molecule has 31 heavy (non-hydrogen) atoms. The topological polar surface area (TPSA) is 49.4 Å². The molecule has 0 aromatic heterocycles. The van der Waals surface area contributed by atoms with Crippen molar-refractivity contribution < 1.29 is 9.59 Å². The Morgan fingerprint density at radius 3 is 2.52 bits per heavy atom. The van der Waals surface area contributed by atoms with Gasteiger partial charge in [0, 0.05) is 23.7 Å². The maximum Gasteiger partial charge on any atom is 0.251 e. The van der Waals surface area contributed by atoms with Crippen molar-refractivity contribution in [1.82, 2.24) is 10.2 Å². The zero-order chi connectivity index (χ0) is 21.8. The van der Waals surface area contributed by atoms with E-state index in [-0.39, 0.29) is 17.2 Å². The number of benzene rings is 3. The first-order valence-electron chi connectivity index (χ1n) is 10.1. The highest BCUT2D eigenvalue weighted by molar-refractivity contribution is 8.00. The van der Waals surface area contributed by atoms with Gasteiger partial charge in [-0.25, -0.2) is 0 Å². The molecule has 0 aliphatic carbocycles. The average Bonchev–Trinajstić information content (AvgIpc) is 3.14. The van der Waals surface area contributed by atoms with Crippen molar-refractivity contribution in [2.24, 2.45) is 0 Å². The van der Waals surface area contributed by atoms with Crippen LogP contribution in [-0.4, -0.2) is 22.5 Å². The van der Waals surface area contributed by atoms with Crippen LogP contribution in [0.1, 0.15) is 38.0 Å². The molecule has 3 aromatic carbocycles. The first kappa shape index (κ1) is 21.5. The van der Waals surface area contributed by atoms with E-state index in [0.717, 1.165) is 16.7 Å². The van der Waals surface area contributed by atoms with Crippen LogP contribution in [-0.2, 0) is 17.9 Å². The molecule has 1 fully saturated rings. The Morgan fingerprint density at radius 2 is 1.81 bits per heavy atom. The predicted octanol–water partition coefficient (Wildman–Crippen LogP) is 5.35. The van der Waals surface area contributed by atoms with E-state index in [1.54, 1.807) is 11.8 Å². The van der Waals surface area contributed by atoms with E-state index < -0.39 is 0 Å². The van der Waals surface area contributed by atoms with Gasteiger partial charge in [0.25, 0.3) is 5.91 Å². The SMILES string of the molecule is Cc1cccc(CNC(=O)c2ccc([C@@H]3SCC(=O)N3Cc3ccc(Cl)cc3)cc2)c1. The van der Waals surface area contributed by atoms with E-state index in [1.807, 2.05) is 78.6 Å². The van der Waals surface area contributed by atoms with Crippen molar-refractivity contribution in [1.29, 1.82) is 0 Å².